The lowest BCUT2D eigenvalue weighted by molar-refractivity contribution is 0.628. The molecule has 0 aliphatic carbocycles. The molecule has 0 saturated carbocycles. The molecule has 0 aliphatic rings. The molecule has 3 rings (SSSR count). The van der Waals surface area contributed by atoms with Gasteiger partial charge in [-0.05, 0) is 36.4 Å². The Balaban J connectivity index is 2.18. The van der Waals surface area contributed by atoms with Crippen LogP contribution in [0.15, 0.2) is 48.7 Å². The van der Waals surface area contributed by atoms with Gasteiger partial charge in [-0.25, -0.2) is 9.37 Å². The lowest BCUT2D eigenvalue weighted by atomic mass is 10.2. The summed E-state index contributed by atoms with van der Waals surface area (Å²) >= 11 is 0. The number of benzene rings is 1. The number of nitrogens with two attached hydrogens (primary N) is 1. The number of pyridine rings is 1. The fourth-order valence-electron chi connectivity index (χ4n) is 1.79. The van der Waals surface area contributed by atoms with Crippen LogP contribution in [-0.2, 0) is 0 Å². The van der Waals surface area contributed by atoms with Crippen LogP contribution in [0, 0.1) is 5.82 Å². The van der Waals surface area contributed by atoms with Crippen LogP contribution in [0.3, 0.4) is 0 Å². The van der Waals surface area contributed by atoms with Crippen molar-refractivity contribution < 1.29 is 4.39 Å². The third-order valence-electron chi connectivity index (χ3n) is 2.66. The number of hydrogen-bond acceptors (Lipinski definition) is 2. The van der Waals surface area contributed by atoms with Crippen LogP contribution < -0.4 is 5.73 Å². The molecule has 0 amide bonds. The fourth-order valence-corrected chi connectivity index (χ4v) is 1.79. The number of halogens is 1. The van der Waals surface area contributed by atoms with Crippen LogP contribution in [0.4, 0.5) is 10.2 Å². The summed E-state index contributed by atoms with van der Waals surface area (Å²) in [5, 5.41) is 0. The number of hydrogen-bond donors (Lipinski definition) is 1. The predicted molar refractivity (Wildman–Crippen MR) is 65.0 cm³/mol. The molecular weight excluding hydrogens is 217 g/mol. The van der Waals surface area contributed by atoms with Crippen LogP contribution in [-0.4, -0.2) is 9.38 Å². The highest BCUT2D eigenvalue weighted by Gasteiger charge is 2.05. The Morgan fingerprint density at radius 1 is 1.06 bits per heavy atom. The van der Waals surface area contributed by atoms with Crippen molar-refractivity contribution in [1.29, 1.82) is 0 Å². The molecule has 1 aromatic carbocycles. The summed E-state index contributed by atoms with van der Waals surface area (Å²) in [5.74, 6) is 0.375. The van der Waals surface area contributed by atoms with Crippen molar-refractivity contribution in [3.8, 4) is 11.3 Å². The lowest BCUT2D eigenvalue weighted by Crippen LogP contribution is -1.93. The topological polar surface area (TPSA) is 43.3 Å². The predicted octanol–water partition coefficient (Wildman–Crippen LogP) is 2.72. The normalized spacial score (nSPS) is 10.9. The molecule has 0 aliphatic heterocycles. The number of nitrogens with zero attached hydrogens (tertiary/aromatic N) is 2. The summed E-state index contributed by atoms with van der Waals surface area (Å²) in [6.07, 6.45) is 1.85. The van der Waals surface area contributed by atoms with Crippen molar-refractivity contribution in [3.05, 3.63) is 54.5 Å². The van der Waals surface area contributed by atoms with Gasteiger partial charge in [0.05, 0.1) is 5.69 Å². The van der Waals surface area contributed by atoms with E-state index in [1.807, 2.05) is 24.4 Å². The van der Waals surface area contributed by atoms with E-state index in [1.54, 1.807) is 16.5 Å². The first-order valence-corrected chi connectivity index (χ1v) is 5.23. The largest absolute Gasteiger partial charge is 0.385 e. The molecule has 2 heterocycles. The van der Waals surface area contributed by atoms with Crippen molar-refractivity contribution in [1.82, 2.24) is 9.38 Å². The molecule has 0 bridgehead atoms. The van der Waals surface area contributed by atoms with Crippen LogP contribution in [0.1, 0.15) is 0 Å². The van der Waals surface area contributed by atoms with Gasteiger partial charge >= 0.3 is 0 Å². The Morgan fingerprint density at radius 3 is 2.53 bits per heavy atom. The number of nitrogen functional groups attached to an aromatic ring is 1. The van der Waals surface area contributed by atoms with Crippen molar-refractivity contribution in [2.45, 2.75) is 0 Å². The van der Waals surface area contributed by atoms with E-state index in [-0.39, 0.29) is 5.82 Å². The molecule has 0 atom stereocenters. The summed E-state index contributed by atoms with van der Waals surface area (Å²) < 4.78 is 14.6. The first-order valence-electron chi connectivity index (χ1n) is 5.23. The number of aromatic nitrogens is 2. The second kappa shape index (κ2) is 3.59. The SMILES string of the molecule is Nc1cccc2nc(-c3ccc(F)cc3)cn12. The lowest BCUT2D eigenvalue weighted by Gasteiger charge is -1.96. The van der Waals surface area contributed by atoms with Gasteiger partial charge in [0.1, 0.15) is 17.3 Å². The van der Waals surface area contributed by atoms with Gasteiger partial charge in [-0.1, -0.05) is 6.07 Å². The van der Waals surface area contributed by atoms with Gasteiger partial charge in [-0.3, -0.25) is 4.40 Å². The van der Waals surface area contributed by atoms with Crippen LogP contribution >= 0.6 is 0 Å². The molecule has 0 radical (unpaired) electrons. The third kappa shape index (κ3) is 1.63. The van der Waals surface area contributed by atoms with E-state index in [2.05, 4.69) is 4.98 Å². The van der Waals surface area contributed by atoms with E-state index in [1.165, 1.54) is 12.1 Å². The quantitative estimate of drug-likeness (QED) is 0.694. The molecule has 2 N–H and O–H groups in total. The molecule has 17 heavy (non-hydrogen) atoms. The maximum Gasteiger partial charge on any atom is 0.139 e. The molecule has 84 valence electrons. The number of anilines is 1. The van der Waals surface area contributed by atoms with Gasteiger partial charge in [0.25, 0.3) is 0 Å². The van der Waals surface area contributed by atoms with Crippen molar-refractivity contribution in [2.75, 3.05) is 5.73 Å². The molecule has 2 aromatic heterocycles. The monoisotopic (exact) mass is 227 g/mol. The van der Waals surface area contributed by atoms with E-state index in [4.69, 9.17) is 5.73 Å². The molecule has 4 heteroatoms. The zero-order valence-electron chi connectivity index (χ0n) is 8.97. The Labute approximate surface area is 97.3 Å². The number of rotatable bonds is 1. The second-order valence-corrected chi connectivity index (χ2v) is 3.81. The van der Waals surface area contributed by atoms with E-state index in [0.717, 1.165) is 16.9 Å². The van der Waals surface area contributed by atoms with Gasteiger partial charge in [0.15, 0.2) is 0 Å². The molecule has 3 nitrogen and oxygen atoms in total. The van der Waals surface area contributed by atoms with Crippen molar-refractivity contribution in [2.24, 2.45) is 0 Å². The fraction of sp³-hybridized carbons (Fsp3) is 0. The Bertz CT molecular complexity index is 671. The molecule has 0 fully saturated rings. The van der Waals surface area contributed by atoms with Gasteiger partial charge < -0.3 is 5.73 Å². The average molecular weight is 227 g/mol. The Hall–Kier alpha value is -2.36. The second-order valence-electron chi connectivity index (χ2n) is 3.81. The summed E-state index contributed by atoms with van der Waals surface area (Å²) in [4.78, 5) is 4.43. The maximum absolute atomic E-state index is 12.8. The molecular formula is C13H10FN3. The van der Waals surface area contributed by atoms with E-state index in [0.29, 0.717) is 5.82 Å². The molecule has 0 saturated heterocycles. The first kappa shape index (κ1) is 9.84. The Kier molecular flexibility index (Phi) is 2.08. The zero-order chi connectivity index (χ0) is 11.8. The number of fused-ring (bicyclic) bond motifs is 1. The molecule has 0 unspecified atom stereocenters. The van der Waals surface area contributed by atoms with E-state index < -0.39 is 0 Å². The third-order valence-corrected chi connectivity index (χ3v) is 2.66. The minimum absolute atomic E-state index is 0.253. The van der Waals surface area contributed by atoms with Crippen molar-refractivity contribution >= 4 is 11.5 Å². The minimum Gasteiger partial charge on any atom is -0.385 e. The van der Waals surface area contributed by atoms with Crippen LogP contribution in [0.5, 0.6) is 0 Å². The number of imidazole rings is 1. The van der Waals surface area contributed by atoms with Gasteiger partial charge in [-0.15, -0.1) is 0 Å². The van der Waals surface area contributed by atoms with Gasteiger partial charge in [-0.2, -0.15) is 0 Å². The summed E-state index contributed by atoms with van der Waals surface area (Å²) in [6.45, 7) is 0. The first-order chi connectivity index (χ1) is 8.24. The van der Waals surface area contributed by atoms with Gasteiger partial charge in [0.2, 0.25) is 0 Å². The summed E-state index contributed by atoms with van der Waals surface area (Å²) in [6, 6.07) is 11.8. The average Bonchev–Trinajstić information content (AvgIpc) is 2.75. The van der Waals surface area contributed by atoms with Crippen molar-refractivity contribution in [3.63, 3.8) is 0 Å². The molecule has 0 spiro atoms. The smallest absolute Gasteiger partial charge is 0.139 e. The Morgan fingerprint density at radius 2 is 1.82 bits per heavy atom. The highest BCUT2D eigenvalue weighted by atomic mass is 19.1. The van der Waals surface area contributed by atoms with Gasteiger partial charge in [0, 0.05) is 11.8 Å². The standard InChI is InChI=1S/C13H10FN3/c14-10-6-4-9(5-7-10)11-8-17-12(15)2-1-3-13(17)16-11/h1-8H,15H2. The van der Waals surface area contributed by atoms with Crippen LogP contribution in [0.25, 0.3) is 16.9 Å². The maximum atomic E-state index is 12.8. The highest BCUT2D eigenvalue weighted by molar-refractivity contribution is 5.64. The van der Waals surface area contributed by atoms with Crippen LogP contribution in [0.2, 0.25) is 0 Å². The minimum atomic E-state index is -0.253. The van der Waals surface area contributed by atoms with E-state index >= 15 is 0 Å². The summed E-state index contributed by atoms with van der Waals surface area (Å²) in [7, 11) is 0. The molecule has 3 aromatic rings. The summed E-state index contributed by atoms with van der Waals surface area (Å²) in [5.41, 5.74) is 8.27. The highest BCUT2D eigenvalue weighted by Crippen LogP contribution is 2.20. The zero-order valence-corrected chi connectivity index (χ0v) is 8.97. The van der Waals surface area contributed by atoms with E-state index in [9.17, 15) is 4.39 Å².